The van der Waals surface area contributed by atoms with E-state index in [2.05, 4.69) is 116 Å². The highest BCUT2D eigenvalue weighted by Crippen LogP contribution is 2.48. The summed E-state index contributed by atoms with van der Waals surface area (Å²) in [6.07, 6.45) is 1.31. The van der Waals surface area contributed by atoms with Gasteiger partial charge in [-0.3, -0.25) is 4.79 Å². The highest BCUT2D eigenvalue weighted by molar-refractivity contribution is 8.00. The van der Waals surface area contributed by atoms with Gasteiger partial charge in [-0.15, -0.1) is 11.8 Å². The number of alkyl carbamates (subject to hydrolysis) is 1. The van der Waals surface area contributed by atoms with Crippen LogP contribution in [0.3, 0.4) is 0 Å². The van der Waals surface area contributed by atoms with E-state index in [0.29, 0.717) is 24.8 Å². The van der Waals surface area contributed by atoms with Crippen LogP contribution in [0.1, 0.15) is 78.0 Å². The first-order valence-corrected chi connectivity index (χ1v) is 17.3. The average Bonchev–Trinajstić information content (AvgIpc) is 3.01. The summed E-state index contributed by atoms with van der Waals surface area (Å²) in [5.74, 6) is 1.20. The largest absolute Gasteiger partial charge is 0.444 e. The molecule has 0 unspecified atom stereocenters. The molecule has 0 aromatic heterocycles. The van der Waals surface area contributed by atoms with Crippen LogP contribution in [0, 0.1) is 11.8 Å². The lowest BCUT2D eigenvalue weighted by Crippen LogP contribution is -2.54. The molecule has 0 fully saturated rings. The number of rotatable bonds is 16. The lowest BCUT2D eigenvalue weighted by molar-refractivity contribution is -0.124. The zero-order valence-corrected chi connectivity index (χ0v) is 29.0. The Kier molecular flexibility index (Phi) is 14.0. The summed E-state index contributed by atoms with van der Waals surface area (Å²) in [5.41, 5.74) is 2.82. The molecule has 3 atom stereocenters. The third kappa shape index (κ3) is 10.9. The molecule has 0 saturated heterocycles. The minimum atomic E-state index is -0.632. The van der Waals surface area contributed by atoms with Crippen molar-refractivity contribution in [2.24, 2.45) is 11.8 Å². The van der Waals surface area contributed by atoms with Gasteiger partial charge in [0.15, 0.2) is 0 Å². The van der Waals surface area contributed by atoms with Crippen molar-refractivity contribution < 1.29 is 14.3 Å². The molecule has 45 heavy (non-hydrogen) atoms. The molecule has 0 heterocycles. The van der Waals surface area contributed by atoms with Crippen molar-refractivity contribution in [3.05, 3.63) is 108 Å². The van der Waals surface area contributed by atoms with Crippen molar-refractivity contribution in [1.82, 2.24) is 16.0 Å². The Morgan fingerprint density at radius 2 is 1.29 bits per heavy atom. The fourth-order valence-corrected chi connectivity index (χ4v) is 6.83. The summed E-state index contributed by atoms with van der Waals surface area (Å²) < 4.78 is 5.15. The number of carbonyl (C=O) groups is 2. The SMILES string of the molecule is CC[C@H](C)[C@H](NC[C@H](CSC(c1ccccc1)(c1ccccc1)c1ccccc1)NC(=O)OC(C)(C)C)C(=O)NCCC(C)C. The molecule has 3 N–H and O–H groups in total. The van der Waals surface area contributed by atoms with Crippen molar-refractivity contribution in [1.29, 1.82) is 0 Å². The smallest absolute Gasteiger partial charge is 0.407 e. The van der Waals surface area contributed by atoms with Crippen molar-refractivity contribution in [2.45, 2.75) is 83.7 Å². The van der Waals surface area contributed by atoms with Crippen molar-refractivity contribution in [3.8, 4) is 0 Å². The number of hydrogen-bond donors (Lipinski definition) is 3. The maximum absolute atomic E-state index is 13.3. The van der Waals surface area contributed by atoms with Gasteiger partial charge in [0.2, 0.25) is 5.91 Å². The summed E-state index contributed by atoms with van der Waals surface area (Å²) in [7, 11) is 0. The molecule has 244 valence electrons. The second-order valence-corrected chi connectivity index (χ2v) is 14.4. The fraction of sp³-hybridized carbons (Fsp3) is 0.474. The Balaban J connectivity index is 1.96. The predicted molar refractivity (Wildman–Crippen MR) is 189 cm³/mol. The van der Waals surface area contributed by atoms with Gasteiger partial charge < -0.3 is 20.7 Å². The van der Waals surface area contributed by atoms with Gasteiger partial charge >= 0.3 is 6.09 Å². The fourth-order valence-electron chi connectivity index (χ4n) is 5.27. The Morgan fingerprint density at radius 1 is 0.800 bits per heavy atom. The first-order valence-electron chi connectivity index (χ1n) is 16.3. The molecular formula is C38H53N3O3S. The lowest BCUT2D eigenvalue weighted by Gasteiger charge is -2.37. The minimum Gasteiger partial charge on any atom is -0.444 e. The molecule has 0 saturated carbocycles. The number of benzene rings is 3. The van der Waals surface area contributed by atoms with Crippen LogP contribution >= 0.6 is 11.8 Å². The molecule has 0 aliphatic rings. The maximum Gasteiger partial charge on any atom is 0.407 e. The molecule has 7 heteroatoms. The van der Waals surface area contributed by atoms with E-state index in [1.54, 1.807) is 11.8 Å². The van der Waals surface area contributed by atoms with E-state index in [1.165, 1.54) is 0 Å². The van der Waals surface area contributed by atoms with Gasteiger partial charge in [0.25, 0.3) is 0 Å². The highest BCUT2D eigenvalue weighted by atomic mass is 32.2. The predicted octanol–water partition coefficient (Wildman–Crippen LogP) is 7.77. The van der Waals surface area contributed by atoms with Crippen LogP contribution in [-0.2, 0) is 14.3 Å². The average molecular weight is 632 g/mol. The van der Waals surface area contributed by atoms with Gasteiger partial charge in [0, 0.05) is 18.8 Å². The van der Waals surface area contributed by atoms with E-state index < -0.39 is 16.4 Å². The quantitative estimate of drug-likeness (QED) is 0.141. The van der Waals surface area contributed by atoms with Crippen LogP contribution in [0.15, 0.2) is 91.0 Å². The second kappa shape index (κ2) is 17.4. The standard InChI is InChI=1S/C38H53N3O3S/c1-8-29(4)34(35(42)39-25-24-28(2)3)40-26-33(41-36(43)44-37(5,6)7)27-45-38(30-18-12-9-13-19-30,31-20-14-10-15-21-31)32-22-16-11-17-23-32/h9-23,28-29,33-34,40H,8,24-27H2,1-7H3,(H,39,42)(H,41,43)/t29-,33+,34-/m0/s1. The van der Waals surface area contributed by atoms with Crippen LogP contribution in [0.4, 0.5) is 4.79 Å². The van der Waals surface area contributed by atoms with Crippen LogP contribution in [-0.4, -0.2) is 48.5 Å². The zero-order chi connectivity index (χ0) is 32.9. The Labute approximate surface area is 275 Å². The van der Waals surface area contributed by atoms with Crippen molar-refractivity contribution >= 4 is 23.8 Å². The summed E-state index contributed by atoms with van der Waals surface area (Å²) >= 11 is 1.78. The van der Waals surface area contributed by atoms with Gasteiger partial charge in [-0.25, -0.2) is 4.79 Å². The lowest BCUT2D eigenvalue weighted by atomic mass is 9.84. The molecule has 2 amide bonds. The van der Waals surface area contributed by atoms with Crippen LogP contribution in [0.5, 0.6) is 0 Å². The molecule has 0 bridgehead atoms. The third-order valence-electron chi connectivity index (χ3n) is 7.86. The highest BCUT2D eigenvalue weighted by Gasteiger charge is 2.38. The number of thioether (sulfide) groups is 1. The van der Waals surface area contributed by atoms with Crippen LogP contribution in [0.2, 0.25) is 0 Å². The Hall–Kier alpha value is -3.29. The van der Waals surface area contributed by atoms with E-state index in [-0.39, 0.29) is 23.9 Å². The van der Waals surface area contributed by atoms with Crippen LogP contribution < -0.4 is 16.0 Å². The number of carbonyl (C=O) groups excluding carboxylic acids is 2. The third-order valence-corrected chi connectivity index (χ3v) is 9.57. The molecule has 3 rings (SSSR count). The minimum absolute atomic E-state index is 0.000810. The first-order chi connectivity index (χ1) is 21.5. The number of nitrogens with one attached hydrogen (secondary N) is 3. The molecule has 0 spiro atoms. The normalized spacial score (nSPS) is 14.0. The number of ether oxygens (including phenoxy) is 1. The van der Waals surface area contributed by atoms with Crippen molar-refractivity contribution in [2.75, 3.05) is 18.8 Å². The zero-order valence-electron chi connectivity index (χ0n) is 28.1. The molecule has 3 aromatic rings. The van der Waals surface area contributed by atoms with Gasteiger partial charge in [0.05, 0.1) is 16.8 Å². The summed E-state index contributed by atoms with van der Waals surface area (Å²) in [6, 6.07) is 30.9. The van der Waals surface area contributed by atoms with Gasteiger partial charge in [0.1, 0.15) is 5.60 Å². The number of hydrogen-bond acceptors (Lipinski definition) is 5. The molecule has 0 aliphatic carbocycles. The van der Waals surface area contributed by atoms with E-state index in [9.17, 15) is 9.59 Å². The molecule has 6 nitrogen and oxygen atoms in total. The Bertz CT molecular complexity index is 1200. The van der Waals surface area contributed by atoms with Gasteiger partial charge in [-0.05, 0) is 55.7 Å². The first kappa shape index (κ1) is 36.2. The summed E-state index contributed by atoms with van der Waals surface area (Å²) in [4.78, 5) is 26.5. The van der Waals surface area contributed by atoms with Crippen LogP contribution in [0.25, 0.3) is 0 Å². The number of amides is 2. The van der Waals surface area contributed by atoms with E-state index in [4.69, 9.17) is 4.74 Å². The Morgan fingerprint density at radius 3 is 1.71 bits per heavy atom. The van der Waals surface area contributed by atoms with E-state index >= 15 is 0 Å². The summed E-state index contributed by atoms with van der Waals surface area (Å²) in [6.45, 7) is 15.1. The monoisotopic (exact) mass is 631 g/mol. The molecule has 0 aliphatic heterocycles. The topological polar surface area (TPSA) is 79.5 Å². The van der Waals surface area contributed by atoms with Gasteiger partial charge in [-0.1, -0.05) is 125 Å². The van der Waals surface area contributed by atoms with Crippen molar-refractivity contribution in [3.63, 3.8) is 0 Å². The van der Waals surface area contributed by atoms with E-state index in [0.717, 1.165) is 29.5 Å². The molecular weight excluding hydrogens is 579 g/mol. The maximum atomic E-state index is 13.3. The van der Waals surface area contributed by atoms with E-state index in [1.807, 2.05) is 39.0 Å². The molecule has 0 radical (unpaired) electrons. The molecule has 3 aromatic carbocycles. The van der Waals surface area contributed by atoms with Gasteiger partial charge in [-0.2, -0.15) is 0 Å². The summed E-state index contributed by atoms with van der Waals surface area (Å²) in [5, 5.41) is 9.80. The second-order valence-electron chi connectivity index (χ2n) is 13.2.